The molecule has 19 heavy (non-hydrogen) atoms. The van der Waals surface area contributed by atoms with Gasteiger partial charge < -0.3 is 14.2 Å². The smallest absolute Gasteiger partial charge is 0.191 e. The van der Waals surface area contributed by atoms with E-state index in [2.05, 4.69) is 15.9 Å². The van der Waals surface area contributed by atoms with Crippen LogP contribution in [-0.2, 0) is 9.47 Å². The minimum absolute atomic E-state index is 0.0432. The van der Waals surface area contributed by atoms with Gasteiger partial charge in [0.2, 0.25) is 0 Å². The van der Waals surface area contributed by atoms with Crippen LogP contribution in [0.4, 0.5) is 0 Å². The number of carbonyl (C=O) groups is 1. The molecule has 1 atom stereocenters. The molecular formula is C14H17BrO4. The van der Waals surface area contributed by atoms with Gasteiger partial charge in [0.25, 0.3) is 0 Å². The second kappa shape index (κ2) is 7.03. The molecule has 4 nitrogen and oxygen atoms in total. The van der Waals surface area contributed by atoms with Gasteiger partial charge in [0.05, 0.1) is 11.1 Å². The van der Waals surface area contributed by atoms with Crippen LogP contribution in [0.25, 0.3) is 0 Å². The van der Waals surface area contributed by atoms with Gasteiger partial charge in [-0.2, -0.15) is 0 Å². The molecule has 1 unspecified atom stereocenters. The number of hydrogen-bond acceptors (Lipinski definition) is 4. The fourth-order valence-corrected chi connectivity index (χ4v) is 2.47. The van der Waals surface area contributed by atoms with Crippen molar-refractivity contribution >= 4 is 21.7 Å². The third kappa shape index (κ3) is 3.78. The third-order valence-electron chi connectivity index (χ3n) is 2.98. The van der Waals surface area contributed by atoms with E-state index in [1.54, 1.807) is 25.3 Å². The Labute approximate surface area is 121 Å². The molecule has 5 heteroatoms. The second-order valence-electron chi connectivity index (χ2n) is 4.35. The Hall–Kier alpha value is -0.910. The molecule has 1 aliphatic heterocycles. The van der Waals surface area contributed by atoms with Crippen LogP contribution in [0.3, 0.4) is 0 Å². The maximum Gasteiger partial charge on any atom is 0.191 e. The van der Waals surface area contributed by atoms with E-state index >= 15 is 0 Å². The number of methoxy groups -OCH3 is 1. The highest BCUT2D eigenvalue weighted by molar-refractivity contribution is 9.10. The lowest BCUT2D eigenvalue weighted by molar-refractivity contribution is 0.0643. The van der Waals surface area contributed by atoms with Gasteiger partial charge in [0.15, 0.2) is 5.78 Å². The van der Waals surface area contributed by atoms with E-state index in [9.17, 15) is 4.79 Å². The third-order valence-corrected chi connectivity index (χ3v) is 3.60. The first kappa shape index (κ1) is 14.5. The summed E-state index contributed by atoms with van der Waals surface area (Å²) in [5, 5.41) is 0. The Balaban J connectivity index is 2.03. The van der Waals surface area contributed by atoms with Crippen molar-refractivity contribution < 1.29 is 19.0 Å². The molecule has 1 aliphatic rings. The lowest BCUT2D eigenvalue weighted by atomic mass is 10.0. The zero-order valence-corrected chi connectivity index (χ0v) is 12.4. The highest BCUT2D eigenvalue weighted by Crippen LogP contribution is 2.27. The lowest BCUT2D eigenvalue weighted by Crippen LogP contribution is -2.19. The van der Waals surface area contributed by atoms with Crippen LogP contribution in [-0.4, -0.2) is 38.8 Å². The van der Waals surface area contributed by atoms with E-state index in [4.69, 9.17) is 14.2 Å². The van der Waals surface area contributed by atoms with Crippen molar-refractivity contribution in [2.75, 3.05) is 26.9 Å². The summed E-state index contributed by atoms with van der Waals surface area (Å²) < 4.78 is 16.6. The van der Waals surface area contributed by atoms with E-state index in [1.807, 2.05) is 0 Å². The number of ether oxygens (including phenoxy) is 3. The van der Waals surface area contributed by atoms with Gasteiger partial charge in [0, 0.05) is 19.3 Å². The summed E-state index contributed by atoms with van der Waals surface area (Å²) in [5.74, 6) is 0.752. The van der Waals surface area contributed by atoms with E-state index in [-0.39, 0.29) is 11.9 Å². The Kier molecular flexibility index (Phi) is 5.36. The molecule has 1 saturated heterocycles. The van der Waals surface area contributed by atoms with Gasteiger partial charge in [-0.15, -0.1) is 0 Å². The van der Waals surface area contributed by atoms with Crippen LogP contribution in [0.5, 0.6) is 5.75 Å². The standard InChI is InChI=1S/C14H17BrO4/c1-17-7-8-19-12-5-4-10(9-11(12)15)14(16)13-3-2-6-18-13/h4-5,9,13H,2-3,6-8H2,1H3. The molecule has 2 rings (SSSR count). The normalized spacial score (nSPS) is 18.5. The van der Waals surface area contributed by atoms with E-state index in [1.165, 1.54) is 0 Å². The minimum Gasteiger partial charge on any atom is -0.490 e. The maximum atomic E-state index is 12.2. The van der Waals surface area contributed by atoms with Crippen molar-refractivity contribution in [2.24, 2.45) is 0 Å². The van der Waals surface area contributed by atoms with Crippen LogP contribution in [0.15, 0.2) is 22.7 Å². The van der Waals surface area contributed by atoms with E-state index in [0.717, 1.165) is 17.3 Å². The van der Waals surface area contributed by atoms with Crippen LogP contribution in [0.2, 0.25) is 0 Å². The predicted molar refractivity (Wildman–Crippen MR) is 74.8 cm³/mol. The van der Waals surface area contributed by atoms with Gasteiger partial charge in [-0.05, 0) is 47.0 Å². The fourth-order valence-electron chi connectivity index (χ4n) is 1.98. The Morgan fingerprint density at radius 3 is 2.95 bits per heavy atom. The highest BCUT2D eigenvalue weighted by Gasteiger charge is 2.25. The molecule has 1 aromatic carbocycles. The molecular weight excluding hydrogens is 312 g/mol. The first-order valence-corrected chi connectivity index (χ1v) is 7.09. The summed E-state index contributed by atoms with van der Waals surface area (Å²) >= 11 is 3.42. The largest absolute Gasteiger partial charge is 0.490 e. The number of halogens is 1. The van der Waals surface area contributed by atoms with Gasteiger partial charge in [-0.3, -0.25) is 4.79 Å². The Morgan fingerprint density at radius 1 is 1.47 bits per heavy atom. The van der Waals surface area contributed by atoms with E-state index < -0.39 is 0 Å². The van der Waals surface area contributed by atoms with Crippen molar-refractivity contribution in [2.45, 2.75) is 18.9 Å². The highest BCUT2D eigenvalue weighted by atomic mass is 79.9. The van der Waals surface area contributed by atoms with Crippen molar-refractivity contribution in [1.29, 1.82) is 0 Å². The first-order valence-electron chi connectivity index (χ1n) is 6.29. The molecule has 104 valence electrons. The van der Waals surface area contributed by atoms with E-state index in [0.29, 0.717) is 31.1 Å². The van der Waals surface area contributed by atoms with Crippen molar-refractivity contribution in [3.05, 3.63) is 28.2 Å². The number of carbonyl (C=O) groups excluding carboxylic acids is 1. The quantitative estimate of drug-likeness (QED) is 0.595. The topological polar surface area (TPSA) is 44.8 Å². The molecule has 0 amide bonds. The Morgan fingerprint density at radius 2 is 2.32 bits per heavy atom. The first-order chi connectivity index (χ1) is 9.22. The number of hydrogen-bond donors (Lipinski definition) is 0. The maximum absolute atomic E-state index is 12.2. The monoisotopic (exact) mass is 328 g/mol. The average Bonchev–Trinajstić information content (AvgIpc) is 2.94. The summed E-state index contributed by atoms with van der Waals surface area (Å²) in [5.41, 5.74) is 0.651. The molecule has 0 radical (unpaired) electrons. The van der Waals surface area contributed by atoms with Crippen molar-refractivity contribution in [3.63, 3.8) is 0 Å². The van der Waals surface area contributed by atoms with Crippen LogP contribution < -0.4 is 4.74 Å². The Bertz CT molecular complexity index is 441. The summed E-state index contributed by atoms with van der Waals surface area (Å²) in [6.45, 7) is 1.69. The number of Topliss-reactive ketones (excluding diaryl/α,β-unsaturated/α-hetero) is 1. The molecule has 1 fully saturated rings. The SMILES string of the molecule is COCCOc1ccc(C(=O)C2CCCO2)cc1Br. The van der Waals surface area contributed by atoms with Crippen LogP contribution in [0, 0.1) is 0 Å². The fraction of sp³-hybridized carbons (Fsp3) is 0.500. The van der Waals surface area contributed by atoms with Crippen molar-refractivity contribution in [1.82, 2.24) is 0 Å². The van der Waals surface area contributed by atoms with Gasteiger partial charge in [0.1, 0.15) is 18.5 Å². The summed E-state index contributed by atoms with van der Waals surface area (Å²) in [4.78, 5) is 12.2. The zero-order valence-electron chi connectivity index (χ0n) is 10.9. The molecule has 1 aromatic rings. The van der Waals surface area contributed by atoms with Gasteiger partial charge >= 0.3 is 0 Å². The summed E-state index contributed by atoms with van der Waals surface area (Å²) in [6.07, 6.45) is 1.48. The molecule has 0 aliphatic carbocycles. The number of ketones is 1. The molecule has 0 bridgehead atoms. The molecule has 1 heterocycles. The zero-order chi connectivity index (χ0) is 13.7. The predicted octanol–water partition coefficient (Wildman–Crippen LogP) is 2.84. The van der Waals surface area contributed by atoms with Crippen LogP contribution >= 0.6 is 15.9 Å². The van der Waals surface area contributed by atoms with Gasteiger partial charge in [-0.25, -0.2) is 0 Å². The summed E-state index contributed by atoms with van der Waals surface area (Å²) in [6, 6.07) is 5.35. The van der Waals surface area contributed by atoms with Crippen molar-refractivity contribution in [3.8, 4) is 5.75 Å². The molecule has 0 N–H and O–H groups in total. The van der Waals surface area contributed by atoms with Crippen LogP contribution in [0.1, 0.15) is 23.2 Å². The molecule has 0 saturated carbocycles. The number of benzene rings is 1. The minimum atomic E-state index is -0.285. The summed E-state index contributed by atoms with van der Waals surface area (Å²) in [7, 11) is 1.63. The van der Waals surface area contributed by atoms with Gasteiger partial charge in [-0.1, -0.05) is 0 Å². The molecule has 0 aromatic heterocycles. The number of rotatable bonds is 6. The second-order valence-corrected chi connectivity index (χ2v) is 5.21. The molecule has 0 spiro atoms. The average molecular weight is 329 g/mol. The lowest BCUT2D eigenvalue weighted by Gasteiger charge is -2.11.